The first-order chi connectivity index (χ1) is 9.12. The largest absolute Gasteiger partial charge is 0.465 e. The summed E-state index contributed by atoms with van der Waals surface area (Å²) in [4.78, 5) is 15.7. The Morgan fingerprint density at radius 2 is 2.21 bits per heavy atom. The minimum Gasteiger partial charge on any atom is -0.465 e. The fourth-order valence-corrected chi connectivity index (χ4v) is 1.49. The number of rotatable bonds is 7. The van der Waals surface area contributed by atoms with Crippen molar-refractivity contribution in [1.29, 1.82) is 0 Å². The third kappa shape index (κ3) is 4.38. The highest BCUT2D eigenvalue weighted by Crippen LogP contribution is 2.16. The number of aromatic nitrogens is 1. The van der Waals surface area contributed by atoms with E-state index in [4.69, 9.17) is 15.2 Å². The Kier molecular flexibility index (Phi) is 6.04. The number of esters is 1. The van der Waals surface area contributed by atoms with Gasteiger partial charge in [-0.1, -0.05) is 0 Å². The number of pyridine rings is 1. The summed E-state index contributed by atoms with van der Waals surface area (Å²) in [6.45, 7) is 0.886. The van der Waals surface area contributed by atoms with Gasteiger partial charge in [0, 0.05) is 20.8 Å². The fourth-order valence-electron chi connectivity index (χ4n) is 1.49. The second-order valence-corrected chi connectivity index (χ2v) is 3.85. The van der Waals surface area contributed by atoms with E-state index in [-0.39, 0.29) is 11.7 Å². The molecule has 0 aliphatic carbocycles. The normalized spacial score (nSPS) is 11.9. The molecule has 1 rings (SSSR count). The van der Waals surface area contributed by atoms with Gasteiger partial charge >= 0.3 is 5.97 Å². The lowest BCUT2D eigenvalue weighted by Crippen LogP contribution is -2.27. The second kappa shape index (κ2) is 7.55. The Balaban J connectivity index is 2.79. The number of nitrogens with zero attached hydrogens (tertiary/aromatic N) is 1. The number of carbonyl (C=O) groups excluding carboxylic acids is 1. The molecule has 0 aromatic carbocycles. The van der Waals surface area contributed by atoms with E-state index in [0.29, 0.717) is 24.7 Å². The highest BCUT2D eigenvalue weighted by molar-refractivity contribution is 5.95. The lowest BCUT2D eigenvalue weighted by Gasteiger charge is -2.16. The fraction of sp³-hybridized carbons (Fsp3) is 0.500. The smallest absolute Gasteiger partial charge is 0.341 e. The molecule has 1 aromatic rings. The molecule has 0 saturated heterocycles. The van der Waals surface area contributed by atoms with Crippen LogP contribution < -0.4 is 11.1 Å². The topological polar surface area (TPSA) is 95.7 Å². The molecule has 106 valence electrons. The van der Waals surface area contributed by atoms with Gasteiger partial charge in [0.05, 0.1) is 31.7 Å². The van der Waals surface area contributed by atoms with E-state index in [1.54, 1.807) is 14.2 Å². The van der Waals surface area contributed by atoms with Crippen LogP contribution in [0.25, 0.3) is 0 Å². The van der Waals surface area contributed by atoms with Crippen molar-refractivity contribution in [2.75, 3.05) is 45.5 Å². The monoisotopic (exact) mass is 269 g/mol. The van der Waals surface area contributed by atoms with E-state index in [9.17, 15) is 4.79 Å². The average molecular weight is 269 g/mol. The van der Waals surface area contributed by atoms with Gasteiger partial charge in [0.25, 0.3) is 0 Å². The van der Waals surface area contributed by atoms with Crippen molar-refractivity contribution in [3.05, 3.63) is 17.8 Å². The predicted molar refractivity (Wildman–Crippen MR) is 71.2 cm³/mol. The first-order valence-corrected chi connectivity index (χ1v) is 5.71. The maximum Gasteiger partial charge on any atom is 0.341 e. The molecule has 0 radical (unpaired) electrons. The highest BCUT2D eigenvalue weighted by atomic mass is 16.5. The highest BCUT2D eigenvalue weighted by Gasteiger charge is 2.15. The summed E-state index contributed by atoms with van der Waals surface area (Å²) in [6, 6.07) is 1.51. The van der Waals surface area contributed by atoms with Gasteiger partial charge in [0.1, 0.15) is 11.4 Å². The molecular formula is C12H19N3O4. The maximum atomic E-state index is 11.6. The van der Waals surface area contributed by atoms with Crippen molar-refractivity contribution in [3.63, 3.8) is 0 Å². The predicted octanol–water partition coefficient (Wildman–Crippen LogP) is 0.524. The third-order valence-corrected chi connectivity index (χ3v) is 2.50. The van der Waals surface area contributed by atoms with Crippen LogP contribution in [-0.4, -0.2) is 51.5 Å². The van der Waals surface area contributed by atoms with Crippen LogP contribution in [0.2, 0.25) is 0 Å². The number of hydrogen-bond donors (Lipinski definition) is 2. The number of methoxy groups -OCH3 is 3. The van der Waals surface area contributed by atoms with Crippen molar-refractivity contribution in [3.8, 4) is 0 Å². The molecule has 19 heavy (non-hydrogen) atoms. The molecule has 7 nitrogen and oxygen atoms in total. The molecule has 0 saturated carbocycles. The molecule has 7 heteroatoms. The first-order valence-electron chi connectivity index (χ1n) is 5.71. The zero-order chi connectivity index (χ0) is 14.3. The van der Waals surface area contributed by atoms with Crippen LogP contribution in [0.4, 0.5) is 11.5 Å². The van der Waals surface area contributed by atoms with Crippen LogP contribution in [0.1, 0.15) is 10.4 Å². The Labute approximate surface area is 112 Å². The average Bonchev–Trinajstić information content (AvgIpc) is 2.43. The summed E-state index contributed by atoms with van der Waals surface area (Å²) in [5, 5.41) is 3.02. The van der Waals surface area contributed by atoms with Gasteiger partial charge in [0.15, 0.2) is 0 Å². The summed E-state index contributed by atoms with van der Waals surface area (Å²) in [6.07, 6.45) is 1.32. The van der Waals surface area contributed by atoms with Gasteiger partial charge in [-0.3, -0.25) is 0 Å². The van der Waals surface area contributed by atoms with Crippen LogP contribution in [0.5, 0.6) is 0 Å². The van der Waals surface area contributed by atoms with Gasteiger partial charge in [-0.2, -0.15) is 0 Å². The Morgan fingerprint density at radius 3 is 2.79 bits per heavy atom. The Hall–Kier alpha value is -1.86. The molecular weight excluding hydrogens is 250 g/mol. The van der Waals surface area contributed by atoms with Crippen molar-refractivity contribution in [2.45, 2.75) is 6.10 Å². The molecule has 0 amide bonds. The van der Waals surface area contributed by atoms with Crippen molar-refractivity contribution in [2.24, 2.45) is 0 Å². The molecule has 3 N–H and O–H groups in total. The Morgan fingerprint density at radius 1 is 1.47 bits per heavy atom. The summed E-state index contributed by atoms with van der Waals surface area (Å²) in [5.74, 6) is -0.0952. The van der Waals surface area contributed by atoms with E-state index in [1.807, 2.05) is 0 Å². The number of anilines is 2. The quantitative estimate of drug-likeness (QED) is 0.697. The minimum atomic E-state index is -0.497. The summed E-state index contributed by atoms with van der Waals surface area (Å²) >= 11 is 0. The number of ether oxygens (including phenoxy) is 3. The van der Waals surface area contributed by atoms with Crippen molar-refractivity contribution >= 4 is 17.5 Å². The van der Waals surface area contributed by atoms with Crippen molar-refractivity contribution < 1.29 is 19.0 Å². The van der Waals surface area contributed by atoms with E-state index in [1.165, 1.54) is 19.4 Å². The van der Waals surface area contributed by atoms with E-state index >= 15 is 0 Å². The lowest BCUT2D eigenvalue weighted by molar-refractivity contribution is 0.0365. The maximum absolute atomic E-state index is 11.6. The molecule has 0 aliphatic rings. The summed E-state index contributed by atoms with van der Waals surface area (Å²) < 4.78 is 14.9. The van der Waals surface area contributed by atoms with Crippen molar-refractivity contribution in [1.82, 2.24) is 4.98 Å². The minimum absolute atomic E-state index is 0.144. The van der Waals surface area contributed by atoms with Crippen LogP contribution in [0.3, 0.4) is 0 Å². The molecule has 1 unspecified atom stereocenters. The molecule has 0 aliphatic heterocycles. The van der Waals surface area contributed by atoms with E-state index in [0.717, 1.165) is 0 Å². The van der Waals surface area contributed by atoms with E-state index in [2.05, 4.69) is 15.0 Å². The second-order valence-electron chi connectivity index (χ2n) is 3.85. The van der Waals surface area contributed by atoms with Crippen LogP contribution in [0, 0.1) is 0 Å². The number of carbonyl (C=O) groups is 1. The van der Waals surface area contributed by atoms with Gasteiger partial charge in [-0.15, -0.1) is 0 Å². The van der Waals surface area contributed by atoms with Crippen LogP contribution in [0.15, 0.2) is 12.3 Å². The summed E-state index contributed by atoms with van der Waals surface area (Å²) in [7, 11) is 4.48. The van der Waals surface area contributed by atoms with Crippen LogP contribution in [-0.2, 0) is 14.2 Å². The lowest BCUT2D eigenvalue weighted by atomic mass is 10.2. The molecule has 1 atom stereocenters. The molecule has 1 aromatic heterocycles. The number of hydrogen-bond acceptors (Lipinski definition) is 7. The van der Waals surface area contributed by atoms with Crippen LogP contribution >= 0.6 is 0 Å². The zero-order valence-corrected chi connectivity index (χ0v) is 11.3. The standard InChI is InChI=1S/C12H19N3O4/c1-17-7-9(18-2)6-15-11-10(12(16)19-3)4-8(13)5-14-11/h4-5,9H,6-7,13H2,1-3H3,(H,14,15). The molecule has 0 bridgehead atoms. The number of nitrogens with two attached hydrogens (primary N) is 1. The van der Waals surface area contributed by atoms with Gasteiger partial charge in [0.2, 0.25) is 0 Å². The van der Waals surface area contributed by atoms with Gasteiger partial charge in [-0.05, 0) is 6.07 Å². The number of nitrogens with one attached hydrogen (secondary N) is 1. The molecule has 0 spiro atoms. The van der Waals surface area contributed by atoms with Gasteiger partial charge in [-0.25, -0.2) is 9.78 Å². The molecule has 1 heterocycles. The zero-order valence-electron chi connectivity index (χ0n) is 11.3. The SMILES string of the molecule is COCC(CNc1ncc(N)cc1C(=O)OC)OC. The Bertz CT molecular complexity index is 425. The first kappa shape index (κ1) is 15.2. The third-order valence-electron chi connectivity index (χ3n) is 2.50. The number of nitrogen functional groups attached to an aromatic ring is 1. The summed E-state index contributed by atoms with van der Waals surface area (Å²) in [5.41, 5.74) is 6.29. The molecule has 0 fully saturated rings. The van der Waals surface area contributed by atoms with E-state index < -0.39 is 5.97 Å². The van der Waals surface area contributed by atoms with Gasteiger partial charge < -0.3 is 25.3 Å².